The van der Waals surface area contributed by atoms with E-state index in [0.717, 1.165) is 5.56 Å². The minimum Gasteiger partial charge on any atom is -0.400 e. The van der Waals surface area contributed by atoms with E-state index in [4.69, 9.17) is 20.9 Å². The number of hydrogen-bond acceptors (Lipinski definition) is 3. The summed E-state index contributed by atoms with van der Waals surface area (Å²) in [5, 5.41) is 0.306. The second-order valence-electron chi connectivity index (χ2n) is 5.58. The van der Waals surface area contributed by atoms with Gasteiger partial charge >= 0.3 is 7.12 Å². The van der Waals surface area contributed by atoms with Crippen LogP contribution in [0.3, 0.4) is 0 Å². The Kier molecular flexibility index (Phi) is 3.64. The fourth-order valence-electron chi connectivity index (χ4n) is 1.74. The summed E-state index contributed by atoms with van der Waals surface area (Å²) in [4.78, 5) is 13.6. The lowest BCUT2D eigenvalue weighted by Gasteiger charge is -2.32. The second-order valence-corrected chi connectivity index (χ2v) is 5.95. The lowest BCUT2D eigenvalue weighted by Crippen LogP contribution is -2.41. The summed E-state index contributed by atoms with van der Waals surface area (Å²) in [6, 6.07) is 3.08. The zero-order chi connectivity index (χ0) is 14.3. The Hall–Kier alpha value is -1.04. The Labute approximate surface area is 117 Å². The fraction of sp³-hybridized carbons (Fsp3) is 0.462. The van der Waals surface area contributed by atoms with E-state index < -0.39 is 7.12 Å². The van der Waals surface area contributed by atoms with Gasteiger partial charge in [-0.05, 0) is 33.8 Å². The molecule has 1 aliphatic heterocycles. The average molecular weight is 282 g/mol. The van der Waals surface area contributed by atoms with E-state index in [-0.39, 0.29) is 16.8 Å². The van der Waals surface area contributed by atoms with Crippen LogP contribution < -0.4 is 5.56 Å². The molecule has 1 aromatic heterocycles. The number of pyridine rings is 1. The zero-order valence-electron chi connectivity index (χ0n) is 11.5. The summed E-state index contributed by atoms with van der Waals surface area (Å²) in [7, 11) is -0.423. The molecule has 0 aromatic carbocycles. The van der Waals surface area contributed by atoms with Crippen molar-refractivity contribution in [3.8, 4) is 0 Å². The molecule has 0 unspecified atom stereocenters. The zero-order valence-corrected chi connectivity index (χ0v) is 12.2. The highest BCUT2D eigenvalue weighted by Gasteiger charge is 2.49. The van der Waals surface area contributed by atoms with Crippen molar-refractivity contribution >= 4 is 24.8 Å². The quantitative estimate of drug-likeness (QED) is 0.670. The van der Waals surface area contributed by atoms with Gasteiger partial charge in [0.05, 0.1) is 11.2 Å². The molecule has 0 atom stereocenters. The fourth-order valence-corrected chi connectivity index (χ4v) is 1.96. The molecule has 4 nitrogen and oxygen atoms in total. The van der Waals surface area contributed by atoms with Gasteiger partial charge in [0.2, 0.25) is 5.56 Å². The van der Waals surface area contributed by atoms with Crippen LogP contribution in [0, 0.1) is 0 Å². The molecule has 2 heterocycles. The van der Waals surface area contributed by atoms with Gasteiger partial charge < -0.3 is 14.3 Å². The molecule has 19 heavy (non-hydrogen) atoms. The summed E-state index contributed by atoms with van der Waals surface area (Å²) in [6.07, 6.45) is 1.78. The van der Waals surface area contributed by atoms with Gasteiger partial charge in [-0.15, -0.1) is 0 Å². The van der Waals surface area contributed by atoms with Crippen LogP contribution >= 0.6 is 11.6 Å². The van der Waals surface area contributed by atoms with Crippen molar-refractivity contribution < 1.29 is 9.31 Å². The van der Waals surface area contributed by atoms with Gasteiger partial charge in [-0.2, -0.15) is 0 Å². The molecule has 0 saturated carbocycles. The molecule has 1 fully saturated rings. The molecule has 1 aliphatic rings. The molecule has 0 aliphatic carbocycles. The van der Waals surface area contributed by atoms with Gasteiger partial charge in [0.25, 0.3) is 0 Å². The van der Waals surface area contributed by atoms with E-state index >= 15 is 0 Å². The first-order valence-corrected chi connectivity index (χ1v) is 6.52. The lowest BCUT2D eigenvalue weighted by molar-refractivity contribution is 0.00578. The molecule has 2 rings (SSSR count). The highest BCUT2D eigenvalue weighted by atomic mass is 35.5. The van der Waals surface area contributed by atoms with Gasteiger partial charge in [-0.1, -0.05) is 23.7 Å². The van der Waals surface area contributed by atoms with Crippen molar-refractivity contribution in [2.45, 2.75) is 38.9 Å². The SMILES string of the molecule is CC1(C)OB(/C=C/c2ccc(=O)[nH]c2Cl)OC1(C)C. The monoisotopic (exact) mass is 281 g/mol. The maximum atomic E-state index is 11.1. The van der Waals surface area contributed by atoms with E-state index in [1.165, 1.54) is 6.07 Å². The predicted octanol–water partition coefficient (Wildman–Crippen LogP) is 2.67. The van der Waals surface area contributed by atoms with E-state index in [2.05, 4.69) is 4.98 Å². The van der Waals surface area contributed by atoms with Crippen molar-refractivity contribution in [1.82, 2.24) is 4.98 Å². The topological polar surface area (TPSA) is 51.3 Å². The largest absolute Gasteiger partial charge is 0.487 e. The van der Waals surface area contributed by atoms with Crippen LogP contribution in [0.4, 0.5) is 0 Å². The van der Waals surface area contributed by atoms with Crippen LogP contribution in [0.25, 0.3) is 6.08 Å². The van der Waals surface area contributed by atoms with Gasteiger partial charge in [-0.25, -0.2) is 0 Å². The number of aromatic nitrogens is 1. The molecular formula is C13H17BClNO3. The minimum atomic E-state index is -0.423. The maximum absolute atomic E-state index is 11.1. The Morgan fingerprint density at radius 2 is 1.79 bits per heavy atom. The smallest absolute Gasteiger partial charge is 0.400 e. The summed E-state index contributed by atoms with van der Waals surface area (Å²) in [5.74, 6) is 1.79. The molecule has 0 radical (unpaired) electrons. The Morgan fingerprint density at radius 3 is 2.32 bits per heavy atom. The number of hydrogen-bond donors (Lipinski definition) is 1. The molecule has 1 N–H and O–H groups in total. The summed E-state index contributed by atoms with van der Waals surface area (Å²) in [6.45, 7) is 7.98. The number of H-pyrrole nitrogens is 1. The summed E-state index contributed by atoms with van der Waals surface area (Å²) < 4.78 is 11.7. The number of nitrogens with one attached hydrogen (secondary N) is 1. The highest BCUT2D eigenvalue weighted by Crippen LogP contribution is 2.37. The number of halogens is 1. The third kappa shape index (κ3) is 2.94. The maximum Gasteiger partial charge on any atom is 0.487 e. The van der Waals surface area contributed by atoms with Gasteiger partial charge in [-0.3, -0.25) is 4.79 Å². The van der Waals surface area contributed by atoms with Gasteiger partial charge in [0.1, 0.15) is 5.15 Å². The summed E-state index contributed by atoms with van der Waals surface area (Å²) in [5.41, 5.74) is -0.234. The molecule has 1 saturated heterocycles. The molecule has 102 valence electrons. The van der Waals surface area contributed by atoms with Crippen molar-refractivity contribution in [3.05, 3.63) is 39.2 Å². The van der Waals surface area contributed by atoms with Crippen LogP contribution in [0.2, 0.25) is 5.15 Å². The first-order valence-electron chi connectivity index (χ1n) is 6.14. The lowest BCUT2D eigenvalue weighted by atomic mass is 9.89. The van der Waals surface area contributed by atoms with Crippen LogP contribution in [-0.2, 0) is 9.31 Å². The van der Waals surface area contributed by atoms with E-state index in [1.807, 2.05) is 27.7 Å². The van der Waals surface area contributed by atoms with E-state index in [0.29, 0.717) is 5.15 Å². The molecule has 6 heteroatoms. The van der Waals surface area contributed by atoms with Crippen LogP contribution in [-0.4, -0.2) is 23.3 Å². The van der Waals surface area contributed by atoms with Crippen molar-refractivity contribution in [2.75, 3.05) is 0 Å². The standard InChI is InChI=1S/C13H17BClNO3/c1-12(2)13(3,4)19-14(18-12)8-7-9-5-6-10(17)16-11(9)15/h5-8H,1-4H3,(H,16,17)/b8-7+. The van der Waals surface area contributed by atoms with Crippen LogP contribution in [0.15, 0.2) is 22.9 Å². The third-order valence-electron chi connectivity index (χ3n) is 3.61. The first kappa shape index (κ1) is 14.4. The van der Waals surface area contributed by atoms with E-state index in [1.54, 1.807) is 18.1 Å². The molecule has 0 amide bonds. The number of rotatable bonds is 2. The first-order chi connectivity index (χ1) is 8.71. The molecule has 1 aromatic rings. The van der Waals surface area contributed by atoms with Gasteiger partial charge in [0.15, 0.2) is 0 Å². The van der Waals surface area contributed by atoms with Crippen LogP contribution in [0.1, 0.15) is 33.3 Å². The van der Waals surface area contributed by atoms with Crippen molar-refractivity contribution in [3.63, 3.8) is 0 Å². The Balaban J connectivity index is 2.15. The normalized spacial score (nSPS) is 21.2. The average Bonchev–Trinajstić information content (AvgIpc) is 2.46. The van der Waals surface area contributed by atoms with E-state index in [9.17, 15) is 4.79 Å². The predicted molar refractivity (Wildman–Crippen MR) is 77.2 cm³/mol. The Morgan fingerprint density at radius 1 is 1.21 bits per heavy atom. The second kappa shape index (κ2) is 4.82. The van der Waals surface area contributed by atoms with Crippen molar-refractivity contribution in [2.24, 2.45) is 0 Å². The molecular weight excluding hydrogens is 264 g/mol. The number of aromatic amines is 1. The highest BCUT2D eigenvalue weighted by molar-refractivity contribution is 6.52. The molecule has 0 bridgehead atoms. The van der Waals surface area contributed by atoms with Gasteiger partial charge in [0, 0.05) is 11.6 Å². The minimum absolute atomic E-state index is 0.224. The van der Waals surface area contributed by atoms with Crippen LogP contribution in [0.5, 0.6) is 0 Å². The molecule has 0 spiro atoms. The third-order valence-corrected chi connectivity index (χ3v) is 3.92. The summed E-state index contributed by atoms with van der Waals surface area (Å²) >= 11 is 5.94. The Bertz CT molecular complexity index is 549. The van der Waals surface area contributed by atoms with Crippen molar-refractivity contribution in [1.29, 1.82) is 0 Å².